The van der Waals surface area contributed by atoms with Crippen molar-refractivity contribution in [3.63, 3.8) is 0 Å². The maximum absolute atomic E-state index is 6.17. The second-order valence-electron chi connectivity index (χ2n) is 5.50. The van der Waals surface area contributed by atoms with Crippen LogP contribution in [-0.2, 0) is 0 Å². The molecule has 2 aromatic carbocycles. The summed E-state index contributed by atoms with van der Waals surface area (Å²) < 4.78 is 5.56. The zero-order valence-corrected chi connectivity index (χ0v) is 12.9. The van der Waals surface area contributed by atoms with Crippen molar-refractivity contribution < 1.29 is 4.74 Å². The van der Waals surface area contributed by atoms with Gasteiger partial charge < -0.3 is 10.1 Å². The standard InChI is InChI=1S/C18H20ClNO/c1-21-18-8-3-2-7-16(18)15-9-10-20-12-17(15)13-5-4-6-14(19)11-13/h2-8,11,15,17,20H,9-10,12H2,1H3. The summed E-state index contributed by atoms with van der Waals surface area (Å²) in [6.07, 6.45) is 1.11. The molecule has 2 aromatic rings. The van der Waals surface area contributed by atoms with Gasteiger partial charge in [0.1, 0.15) is 5.75 Å². The molecule has 3 rings (SSSR count). The molecule has 1 heterocycles. The number of hydrogen-bond acceptors (Lipinski definition) is 2. The normalized spacial score (nSPS) is 22.0. The van der Waals surface area contributed by atoms with E-state index in [1.807, 2.05) is 24.3 Å². The van der Waals surface area contributed by atoms with Gasteiger partial charge in [-0.2, -0.15) is 0 Å². The highest BCUT2D eigenvalue weighted by Gasteiger charge is 2.29. The van der Waals surface area contributed by atoms with E-state index < -0.39 is 0 Å². The quantitative estimate of drug-likeness (QED) is 0.917. The molecule has 110 valence electrons. The maximum Gasteiger partial charge on any atom is 0.122 e. The van der Waals surface area contributed by atoms with Gasteiger partial charge in [0.2, 0.25) is 0 Å². The Balaban J connectivity index is 1.98. The largest absolute Gasteiger partial charge is 0.496 e. The van der Waals surface area contributed by atoms with Crippen molar-refractivity contribution in [1.29, 1.82) is 0 Å². The third kappa shape index (κ3) is 3.07. The fourth-order valence-electron chi connectivity index (χ4n) is 3.29. The van der Waals surface area contributed by atoms with E-state index in [1.54, 1.807) is 7.11 Å². The van der Waals surface area contributed by atoms with Gasteiger partial charge in [-0.05, 0) is 48.2 Å². The third-order valence-electron chi connectivity index (χ3n) is 4.30. The van der Waals surface area contributed by atoms with Gasteiger partial charge in [-0.1, -0.05) is 41.9 Å². The van der Waals surface area contributed by atoms with Gasteiger partial charge in [0.05, 0.1) is 7.11 Å². The lowest BCUT2D eigenvalue weighted by Gasteiger charge is -2.33. The third-order valence-corrected chi connectivity index (χ3v) is 4.53. The average Bonchev–Trinajstić information content (AvgIpc) is 2.55. The first-order valence-electron chi connectivity index (χ1n) is 7.38. The fraction of sp³-hybridized carbons (Fsp3) is 0.333. The summed E-state index contributed by atoms with van der Waals surface area (Å²) in [7, 11) is 1.74. The summed E-state index contributed by atoms with van der Waals surface area (Å²) in [5, 5.41) is 4.31. The lowest BCUT2D eigenvalue weighted by Crippen LogP contribution is -2.34. The van der Waals surface area contributed by atoms with Gasteiger partial charge in [0, 0.05) is 17.5 Å². The zero-order chi connectivity index (χ0) is 14.7. The molecule has 0 spiro atoms. The Bertz CT molecular complexity index is 614. The number of para-hydroxylation sites is 1. The smallest absolute Gasteiger partial charge is 0.122 e. The number of hydrogen-bond donors (Lipinski definition) is 1. The first-order valence-corrected chi connectivity index (χ1v) is 7.76. The number of methoxy groups -OCH3 is 1. The predicted octanol–water partition coefficient (Wildman–Crippen LogP) is 4.21. The molecular weight excluding hydrogens is 282 g/mol. The Labute approximate surface area is 131 Å². The van der Waals surface area contributed by atoms with Crippen molar-refractivity contribution in [2.45, 2.75) is 18.3 Å². The van der Waals surface area contributed by atoms with E-state index in [1.165, 1.54) is 11.1 Å². The van der Waals surface area contributed by atoms with Crippen LogP contribution in [0.1, 0.15) is 29.4 Å². The van der Waals surface area contributed by atoms with E-state index in [0.29, 0.717) is 11.8 Å². The first kappa shape index (κ1) is 14.4. The first-order chi connectivity index (χ1) is 10.3. The zero-order valence-electron chi connectivity index (χ0n) is 12.2. The summed E-state index contributed by atoms with van der Waals surface area (Å²) in [5.74, 6) is 1.87. The van der Waals surface area contributed by atoms with E-state index in [4.69, 9.17) is 16.3 Å². The van der Waals surface area contributed by atoms with Crippen molar-refractivity contribution in [2.24, 2.45) is 0 Å². The minimum Gasteiger partial charge on any atom is -0.496 e. The van der Waals surface area contributed by atoms with Crippen LogP contribution in [0.2, 0.25) is 5.02 Å². The van der Waals surface area contributed by atoms with Crippen LogP contribution in [-0.4, -0.2) is 20.2 Å². The molecule has 0 aliphatic carbocycles. The average molecular weight is 302 g/mol. The number of piperidine rings is 1. The molecule has 3 heteroatoms. The van der Waals surface area contributed by atoms with E-state index in [0.717, 1.165) is 30.3 Å². The molecule has 1 N–H and O–H groups in total. The summed E-state index contributed by atoms with van der Waals surface area (Å²) in [4.78, 5) is 0. The molecule has 21 heavy (non-hydrogen) atoms. The second-order valence-corrected chi connectivity index (χ2v) is 5.94. The molecule has 2 nitrogen and oxygen atoms in total. The van der Waals surface area contributed by atoms with Gasteiger partial charge in [0.15, 0.2) is 0 Å². The van der Waals surface area contributed by atoms with Crippen LogP contribution in [0, 0.1) is 0 Å². The SMILES string of the molecule is COc1ccccc1C1CCNCC1c1cccc(Cl)c1. The molecule has 0 amide bonds. The number of halogens is 1. The lowest BCUT2D eigenvalue weighted by atomic mass is 9.77. The second kappa shape index (κ2) is 6.50. The van der Waals surface area contributed by atoms with Crippen LogP contribution >= 0.6 is 11.6 Å². The highest BCUT2D eigenvalue weighted by Crippen LogP contribution is 2.41. The fourth-order valence-corrected chi connectivity index (χ4v) is 3.49. The monoisotopic (exact) mass is 301 g/mol. The number of rotatable bonds is 3. The van der Waals surface area contributed by atoms with Crippen LogP contribution < -0.4 is 10.1 Å². The molecule has 0 bridgehead atoms. The molecule has 1 aliphatic rings. The topological polar surface area (TPSA) is 21.3 Å². The van der Waals surface area contributed by atoms with Crippen LogP contribution in [0.3, 0.4) is 0 Å². The van der Waals surface area contributed by atoms with E-state index in [9.17, 15) is 0 Å². The molecule has 0 saturated carbocycles. The molecule has 1 aliphatic heterocycles. The minimum atomic E-state index is 0.425. The molecular formula is C18H20ClNO. The van der Waals surface area contributed by atoms with E-state index >= 15 is 0 Å². The van der Waals surface area contributed by atoms with E-state index in [2.05, 4.69) is 29.6 Å². The highest BCUT2D eigenvalue weighted by atomic mass is 35.5. The van der Waals surface area contributed by atoms with E-state index in [-0.39, 0.29) is 0 Å². The van der Waals surface area contributed by atoms with Crippen LogP contribution in [0.5, 0.6) is 5.75 Å². The summed E-state index contributed by atoms with van der Waals surface area (Å²) >= 11 is 6.17. The van der Waals surface area contributed by atoms with Crippen LogP contribution in [0.25, 0.3) is 0 Å². The Morgan fingerprint density at radius 1 is 1.10 bits per heavy atom. The molecule has 0 radical (unpaired) electrons. The molecule has 0 aromatic heterocycles. The van der Waals surface area contributed by atoms with Crippen molar-refractivity contribution in [2.75, 3.05) is 20.2 Å². The Morgan fingerprint density at radius 3 is 2.76 bits per heavy atom. The molecule has 1 fully saturated rings. The van der Waals surface area contributed by atoms with Gasteiger partial charge in [0.25, 0.3) is 0 Å². The molecule has 1 saturated heterocycles. The Hall–Kier alpha value is -1.51. The van der Waals surface area contributed by atoms with Crippen LogP contribution in [0.4, 0.5) is 0 Å². The Kier molecular flexibility index (Phi) is 4.47. The highest BCUT2D eigenvalue weighted by molar-refractivity contribution is 6.30. The van der Waals surface area contributed by atoms with Crippen molar-refractivity contribution in [3.8, 4) is 5.75 Å². The van der Waals surface area contributed by atoms with Gasteiger partial charge in [-0.15, -0.1) is 0 Å². The molecule has 2 unspecified atom stereocenters. The number of ether oxygens (including phenoxy) is 1. The summed E-state index contributed by atoms with van der Waals surface area (Å²) in [5.41, 5.74) is 2.59. The van der Waals surface area contributed by atoms with Gasteiger partial charge in [-0.3, -0.25) is 0 Å². The number of benzene rings is 2. The molecule has 2 atom stereocenters. The number of nitrogens with one attached hydrogen (secondary N) is 1. The summed E-state index contributed by atoms with van der Waals surface area (Å²) in [6, 6.07) is 16.6. The maximum atomic E-state index is 6.17. The lowest BCUT2D eigenvalue weighted by molar-refractivity contribution is 0.371. The van der Waals surface area contributed by atoms with Crippen molar-refractivity contribution in [3.05, 3.63) is 64.7 Å². The van der Waals surface area contributed by atoms with Gasteiger partial charge in [-0.25, -0.2) is 0 Å². The van der Waals surface area contributed by atoms with Crippen molar-refractivity contribution in [1.82, 2.24) is 5.32 Å². The Morgan fingerprint density at radius 2 is 1.95 bits per heavy atom. The minimum absolute atomic E-state index is 0.425. The predicted molar refractivity (Wildman–Crippen MR) is 87.4 cm³/mol. The van der Waals surface area contributed by atoms with Crippen molar-refractivity contribution >= 4 is 11.6 Å². The van der Waals surface area contributed by atoms with Gasteiger partial charge >= 0.3 is 0 Å². The van der Waals surface area contributed by atoms with Crippen LogP contribution in [0.15, 0.2) is 48.5 Å². The summed E-state index contributed by atoms with van der Waals surface area (Å²) in [6.45, 7) is 2.02.